The lowest BCUT2D eigenvalue weighted by Gasteiger charge is -2.10. The molecule has 2 nitrogen and oxygen atoms in total. The first-order valence-electron chi connectivity index (χ1n) is 5.26. The molecule has 0 saturated heterocycles. The molecule has 0 saturated carbocycles. The summed E-state index contributed by atoms with van der Waals surface area (Å²) in [5.41, 5.74) is 7.82. The molecule has 0 heterocycles. The van der Waals surface area contributed by atoms with Crippen LogP contribution >= 0.6 is 0 Å². The van der Waals surface area contributed by atoms with E-state index in [2.05, 4.69) is 19.1 Å². The first-order valence-corrected chi connectivity index (χ1v) is 6.64. The summed E-state index contributed by atoms with van der Waals surface area (Å²) in [6.07, 6.45) is 0.832. The smallest absolute Gasteiger partial charge is 0.0488 e. The van der Waals surface area contributed by atoms with Crippen molar-refractivity contribution in [2.45, 2.75) is 31.3 Å². The van der Waals surface area contributed by atoms with Gasteiger partial charge in [-0.15, -0.1) is 0 Å². The summed E-state index contributed by atoms with van der Waals surface area (Å²) in [6.45, 7) is 4.66. The minimum Gasteiger partial charge on any atom is -0.330 e. The van der Waals surface area contributed by atoms with Gasteiger partial charge in [0.2, 0.25) is 0 Å². The van der Waals surface area contributed by atoms with Crippen LogP contribution in [0, 0.1) is 6.92 Å². The Kier molecular flexibility index (Phi) is 4.99. The number of hydrogen-bond acceptors (Lipinski definition) is 2. The van der Waals surface area contributed by atoms with Gasteiger partial charge in [0.1, 0.15) is 0 Å². The van der Waals surface area contributed by atoms with Gasteiger partial charge in [-0.25, -0.2) is 0 Å². The third-order valence-electron chi connectivity index (χ3n) is 2.45. The molecule has 3 heteroatoms. The third kappa shape index (κ3) is 4.14. The standard InChI is InChI=1S/C12H19NOS/c1-10-3-5-12(6-4-10)9-15(14)11(2)7-8-13/h3-6,11H,7-9,13H2,1-2H3. The summed E-state index contributed by atoms with van der Waals surface area (Å²) >= 11 is 0. The van der Waals surface area contributed by atoms with Gasteiger partial charge in [-0.2, -0.15) is 0 Å². The number of benzene rings is 1. The summed E-state index contributed by atoms with van der Waals surface area (Å²) in [7, 11) is -0.802. The molecule has 0 spiro atoms. The van der Waals surface area contributed by atoms with Gasteiger partial charge in [0.15, 0.2) is 0 Å². The second-order valence-corrected chi connectivity index (χ2v) is 5.75. The molecule has 0 amide bonds. The van der Waals surface area contributed by atoms with E-state index in [4.69, 9.17) is 5.73 Å². The topological polar surface area (TPSA) is 43.1 Å². The van der Waals surface area contributed by atoms with Crippen molar-refractivity contribution >= 4 is 10.8 Å². The minimum absolute atomic E-state index is 0.191. The Labute approximate surface area is 94.3 Å². The van der Waals surface area contributed by atoms with E-state index in [0.717, 1.165) is 12.0 Å². The van der Waals surface area contributed by atoms with E-state index >= 15 is 0 Å². The van der Waals surface area contributed by atoms with Crippen LogP contribution in [0.25, 0.3) is 0 Å². The summed E-state index contributed by atoms with van der Waals surface area (Å²) < 4.78 is 11.8. The monoisotopic (exact) mass is 225 g/mol. The third-order valence-corrected chi connectivity index (χ3v) is 4.20. The lowest BCUT2D eigenvalue weighted by Crippen LogP contribution is -2.17. The van der Waals surface area contributed by atoms with Crippen LogP contribution in [0.3, 0.4) is 0 Å². The molecule has 0 aromatic heterocycles. The molecule has 0 radical (unpaired) electrons. The summed E-state index contributed by atoms with van der Waals surface area (Å²) in [6, 6.07) is 8.20. The molecule has 0 bridgehead atoms. The number of nitrogens with two attached hydrogens (primary N) is 1. The summed E-state index contributed by atoms with van der Waals surface area (Å²) in [4.78, 5) is 0. The highest BCUT2D eigenvalue weighted by Gasteiger charge is 2.10. The first-order chi connectivity index (χ1) is 7.13. The van der Waals surface area contributed by atoms with Crippen molar-refractivity contribution in [3.63, 3.8) is 0 Å². The molecule has 0 aliphatic rings. The Morgan fingerprint density at radius 1 is 1.33 bits per heavy atom. The second-order valence-electron chi connectivity index (χ2n) is 3.90. The van der Waals surface area contributed by atoms with Crippen molar-refractivity contribution in [2.24, 2.45) is 5.73 Å². The van der Waals surface area contributed by atoms with E-state index in [-0.39, 0.29) is 5.25 Å². The zero-order valence-electron chi connectivity index (χ0n) is 9.40. The summed E-state index contributed by atoms with van der Waals surface area (Å²) in [5.74, 6) is 0.640. The summed E-state index contributed by atoms with van der Waals surface area (Å²) in [5, 5.41) is 0.191. The van der Waals surface area contributed by atoms with Gasteiger partial charge in [-0.3, -0.25) is 4.21 Å². The molecule has 0 aliphatic heterocycles. The van der Waals surface area contributed by atoms with E-state index in [1.54, 1.807) is 0 Å². The van der Waals surface area contributed by atoms with Gasteiger partial charge < -0.3 is 5.73 Å². The maximum Gasteiger partial charge on any atom is 0.0488 e. The lowest BCUT2D eigenvalue weighted by molar-refractivity contribution is 0.665. The van der Waals surface area contributed by atoms with Crippen LogP contribution in [0.2, 0.25) is 0 Å². The molecular formula is C12H19NOS. The van der Waals surface area contributed by atoms with Gasteiger partial charge in [0, 0.05) is 21.8 Å². The van der Waals surface area contributed by atoms with Gasteiger partial charge >= 0.3 is 0 Å². The largest absolute Gasteiger partial charge is 0.330 e. The molecule has 2 unspecified atom stereocenters. The molecule has 0 fully saturated rings. The molecular weight excluding hydrogens is 206 g/mol. The van der Waals surface area contributed by atoms with Gasteiger partial charge in [-0.1, -0.05) is 36.8 Å². The van der Waals surface area contributed by atoms with Crippen molar-refractivity contribution in [1.82, 2.24) is 0 Å². The lowest BCUT2D eigenvalue weighted by atomic mass is 10.2. The molecule has 15 heavy (non-hydrogen) atoms. The van der Waals surface area contributed by atoms with Crippen LogP contribution in [0.5, 0.6) is 0 Å². The van der Waals surface area contributed by atoms with Crippen LogP contribution in [0.4, 0.5) is 0 Å². The van der Waals surface area contributed by atoms with Crippen LogP contribution in [-0.2, 0) is 16.6 Å². The maximum atomic E-state index is 11.8. The fourth-order valence-corrected chi connectivity index (χ4v) is 2.56. The van der Waals surface area contributed by atoms with Crippen molar-refractivity contribution in [3.8, 4) is 0 Å². The minimum atomic E-state index is -0.802. The molecule has 2 atom stereocenters. The quantitative estimate of drug-likeness (QED) is 0.832. The fraction of sp³-hybridized carbons (Fsp3) is 0.500. The molecule has 1 aromatic rings. The molecule has 0 aliphatic carbocycles. The average Bonchev–Trinajstić information content (AvgIpc) is 2.22. The molecule has 1 aromatic carbocycles. The highest BCUT2D eigenvalue weighted by atomic mass is 32.2. The van der Waals surface area contributed by atoms with Gasteiger partial charge in [-0.05, 0) is 25.5 Å². The Morgan fingerprint density at radius 3 is 2.47 bits per heavy atom. The second kappa shape index (κ2) is 6.03. The first kappa shape index (κ1) is 12.4. The highest BCUT2D eigenvalue weighted by Crippen LogP contribution is 2.10. The molecule has 1 rings (SSSR count). The predicted molar refractivity (Wildman–Crippen MR) is 66.2 cm³/mol. The van der Waals surface area contributed by atoms with Crippen molar-refractivity contribution in [2.75, 3.05) is 6.54 Å². The van der Waals surface area contributed by atoms with Crippen LogP contribution < -0.4 is 5.73 Å². The Bertz CT molecular complexity index is 321. The van der Waals surface area contributed by atoms with Crippen molar-refractivity contribution in [3.05, 3.63) is 35.4 Å². The Hall–Kier alpha value is -0.670. The van der Waals surface area contributed by atoms with Gasteiger partial charge in [0.25, 0.3) is 0 Å². The van der Waals surface area contributed by atoms with Crippen LogP contribution in [0.15, 0.2) is 24.3 Å². The number of rotatable bonds is 5. The van der Waals surface area contributed by atoms with Crippen molar-refractivity contribution in [1.29, 1.82) is 0 Å². The van der Waals surface area contributed by atoms with Crippen LogP contribution in [0.1, 0.15) is 24.5 Å². The van der Waals surface area contributed by atoms with E-state index in [9.17, 15) is 4.21 Å². The highest BCUT2D eigenvalue weighted by molar-refractivity contribution is 7.84. The number of aryl methyl sites for hydroxylation is 1. The zero-order chi connectivity index (χ0) is 11.3. The number of hydrogen-bond donors (Lipinski definition) is 1. The van der Waals surface area contributed by atoms with E-state index in [1.807, 2.05) is 19.1 Å². The van der Waals surface area contributed by atoms with Crippen molar-refractivity contribution < 1.29 is 4.21 Å². The predicted octanol–water partition coefficient (Wildman–Crippen LogP) is 1.98. The SMILES string of the molecule is Cc1ccc(CS(=O)C(C)CCN)cc1. The Morgan fingerprint density at radius 2 is 1.93 bits per heavy atom. The average molecular weight is 225 g/mol. The molecule has 2 N–H and O–H groups in total. The fourth-order valence-electron chi connectivity index (χ4n) is 1.36. The maximum absolute atomic E-state index is 11.8. The van der Waals surface area contributed by atoms with Gasteiger partial charge in [0.05, 0.1) is 0 Å². The zero-order valence-corrected chi connectivity index (χ0v) is 10.2. The van der Waals surface area contributed by atoms with E-state index in [1.165, 1.54) is 5.56 Å². The Balaban J connectivity index is 2.54. The molecule has 84 valence electrons. The van der Waals surface area contributed by atoms with Crippen LogP contribution in [-0.4, -0.2) is 16.0 Å². The van der Waals surface area contributed by atoms with E-state index < -0.39 is 10.8 Å². The van der Waals surface area contributed by atoms with E-state index in [0.29, 0.717) is 12.3 Å². The normalized spacial score (nSPS) is 14.9.